The average Bonchev–Trinajstić information content (AvgIpc) is 3.23. The van der Waals surface area contributed by atoms with Gasteiger partial charge in [0.25, 0.3) is 0 Å². The number of rotatable bonds is 8. The molecule has 4 aromatic rings. The van der Waals surface area contributed by atoms with Crippen LogP contribution in [0.15, 0.2) is 83.3 Å². The van der Waals surface area contributed by atoms with E-state index < -0.39 is 0 Å². The van der Waals surface area contributed by atoms with E-state index in [-0.39, 0.29) is 12.4 Å². The highest BCUT2D eigenvalue weighted by molar-refractivity contribution is 5.73. The Morgan fingerprint density at radius 1 is 0.939 bits per heavy atom. The molecular weight excluding hydrogens is 414 g/mol. The molecule has 0 fully saturated rings. The van der Waals surface area contributed by atoms with Gasteiger partial charge in [0.1, 0.15) is 23.8 Å². The van der Waals surface area contributed by atoms with Crippen molar-refractivity contribution in [1.29, 1.82) is 0 Å². The number of hydrogen-bond donors (Lipinski definition) is 0. The van der Waals surface area contributed by atoms with Crippen LogP contribution in [0.2, 0.25) is 0 Å². The van der Waals surface area contributed by atoms with Crippen molar-refractivity contribution in [3.63, 3.8) is 0 Å². The van der Waals surface area contributed by atoms with Crippen LogP contribution in [-0.4, -0.2) is 18.1 Å². The Bertz CT molecular complexity index is 1240. The molecule has 0 saturated carbocycles. The van der Waals surface area contributed by atoms with Crippen molar-refractivity contribution < 1.29 is 18.7 Å². The molecule has 0 N–H and O–H groups in total. The topological polar surface area (TPSA) is 61.6 Å². The van der Waals surface area contributed by atoms with E-state index in [1.54, 1.807) is 0 Å². The number of para-hydroxylation sites is 1. The zero-order valence-electron chi connectivity index (χ0n) is 18.7. The summed E-state index contributed by atoms with van der Waals surface area (Å²) >= 11 is 0. The third-order valence-electron chi connectivity index (χ3n) is 5.20. The fourth-order valence-electron chi connectivity index (χ4n) is 3.35. The number of aromatic nitrogens is 1. The van der Waals surface area contributed by atoms with Gasteiger partial charge in [-0.25, -0.2) is 4.98 Å². The molecule has 0 unspecified atom stereocenters. The maximum atomic E-state index is 11.6. The number of carbonyl (C=O) groups excluding carboxylic acids is 1. The lowest BCUT2D eigenvalue weighted by Crippen LogP contribution is -2.06. The van der Waals surface area contributed by atoms with E-state index in [1.807, 2.05) is 97.9 Å². The zero-order chi connectivity index (χ0) is 23.0. The van der Waals surface area contributed by atoms with Crippen molar-refractivity contribution in [3.8, 4) is 17.2 Å². The lowest BCUT2D eigenvalue weighted by Gasteiger charge is -2.11. The first-order valence-electron chi connectivity index (χ1n) is 10.7. The molecule has 33 heavy (non-hydrogen) atoms. The van der Waals surface area contributed by atoms with Crippen LogP contribution in [0, 0.1) is 6.92 Å². The minimum Gasteiger partial charge on any atom is -0.489 e. The summed E-state index contributed by atoms with van der Waals surface area (Å²) in [4.78, 5) is 16.2. The molecule has 0 aliphatic rings. The molecule has 5 nitrogen and oxygen atoms in total. The Kier molecular flexibility index (Phi) is 7.00. The normalized spacial score (nSPS) is 11.0. The molecule has 0 saturated heterocycles. The second kappa shape index (κ2) is 10.5. The van der Waals surface area contributed by atoms with Gasteiger partial charge in [0.2, 0.25) is 5.89 Å². The molecule has 3 aromatic carbocycles. The van der Waals surface area contributed by atoms with Crippen LogP contribution in [0.5, 0.6) is 5.75 Å². The van der Waals surface area contributed by atoms with Gasteiger partial charge in [-0.1, -0.05) is 66.7 Å². The van der Waals surface area contributed by atoms with E-state index in [1.165, 1.54) is 7.11 Å². The Morgan fingerprint density at radius 2 is 1.67 bits per heavy atom. The molecule has 1 heterocycles. The van der Waals surface area contributed by atoms with Crippen LogP contribution in [0.3, 0.4) is 0 Å². The minimum absolute atomic E-state index is 0.184. The highest BCUT2D eigenvalue weighted by Crippen LogP contribution is 2.23. The molecule has 4 rings (SSSR count). The summed E-state index contributed by atoms with van der Waals surface area (Å²) in [6, 6.07) is 25.5. The minimum atomic E-state index is -0.291. The Balaban J connectivity index is 1.39. The molecule has 0 amide bonds. The SMILES string of the molecule is COC(=O)Cc1ccccc1OCc1ccc(C=Cc2nc(-c3ccccc3)oc2C)cc1. The van der Waals surface area contributed by atoms with Crippen LogP contribution in [-0.2, 0) is 22.6 Å². The summed E-state index contributed by atoms with van der Waals surface area (Å²) in [5, 5.41) is 0. The van der Waals surface area contributed by atoms with Gasteiger partial charge in [0, 0.05) is 11.1 Å². The molecule has 0 spiro atoms. The number of methoxy groups -OCH3 is 1. The molecule has 1 aromatic heterocycles. The molecule has 0 radical (unpaired) electrons. The van der Waals surface area contributed by atoms with Crippen molar-refractivity contribution in [2.45, 2.75) is 20.0 Å². The fourth-order valence-corrected chi connectivity index (χ4v) is 3.35. The van der Waals surface area contributed by atoms with E-state index in [0.29, 0.717) is 18.2 Å². The second-order valence-corrected chi connectivity index (χ2v) is 7.55. The lowest BCUT2D eigenvalue weighted by atomic mass is 10.1. The third-order valence-corrected chi connectivity index (χ3v) is 5.20. The van der Waals surface area contributed by atoms with Crippen LogP contribution < -0.4 is 4.74 Å². The highest BCUT2D eigenvalue weighted by atomic mass is 16.5. The van der Waals surface area contributed by atoms with Gasteiger partial charge in [-0.2, -0.15) is 0 Å². The van der Waals surface area contributed by atoms with E-state index in [2.05, 4.69) is 4.98 Å². The summed E-state index contributed by atoms with van der Waals surface area (Å²) in [5.74, 6) is 1.79. The van der Waals surface area contributed by atoms with Gasteiger partial charge >= 0.3 is 5.97 Å². The summed E-state index contributed by atoms with van der Waals surface area (Å²) in [6.45, 7) is 2.32. The van der Waals surface area contributed by atoms with Crippen LogP contribution in [0.1, 0.15) is 28.1 Å². The predicted octanol–water partition coefficient (Wildman–Crippen LogP) is 6.11. The van der Waals surface area contributed by atoms with E-state index >= 15 is 0 Å². The first-order chi connectivity index (χ1) is 16.1. The van der Waals surface area contributed by atoms with Gasteiger partial charge in [-0.05, 0) is 42.3 Å². The molecule has 166 valence electrons. The number of benzene rings is 3. The van der Waals surface area contributed by atoms with Crippen LogP contribution >= 0.6 is 0 Å². The number of hydrogen-bond acceptors (Lipinski definition) is 5. The number of nitrogens with zero attached hydrogens (tertiary/aromatic N) is 1. The molecule has 0 bridgehead atoms. The summed E-state index contributed by atoms with van der Waals surface area (Å²) in [6.07, 6.45) is 4.15. The summed E-state index contributed by atoms with van der Waals surface area (Å²) < 4.78 is 16.5. The van der Waals surface area contributed by atoms with Crippen LogP contribution in [0.25, 0.3) is 23.6 Å². The van der Waals surface area contributed by atoms with Gasteiger partial charge < -0.3 is 13.9 Å². The third kappa shape index (κ3) is 5.77. The van der Waals surface area contributed by atoms with Crippen LogP contribution in [0.4, 0.5) is 0 Å². The first kappa shape index (κ1) is 22.1. The Hall–Kier alpha value is -4.12. The van der Waals surface area contributed by atoms with Gasteiger partial charge in [-0.3, -0.25) is 4.79 Å². The number of esters is 1. The number of ether oxygens (including phenoxy) is 2. The smallest absolute Gasteiger partial charge is 0.310 e. The van der Waals surface area contributed by atoms with Gasteiger partial charge in [-0.15, -0.1) is 0 Å². The quantitative estimate of drug-likeness (QED) is 0.310. The van der Waals surface area contributed by atoms with E-state index in [0.717, 1.165) is 33.7 Å². The largest absolute Gasteiger partial charge is 0.489 e. The number of oxazole rings is 1. The Morgan fingerprint density at radius 3 is 2.42 bits per heavy atom. The molecule has 0 aliphatic heterocycles. The standard InChI is InChI=1S/C28H25NO4/c1-20-25(29-28(33-20)23-8-4-3-5-9-23)17-16-21-12-14-22(15-13-21)19-32-26-11-7-6-10-24(26)18-27(30)31-2/h3-17H,18-19H2,1-2H3. The summed E-state index contributed by atoms with van der Waals surface area (Å²) in [5.41, 5.74) is 4.65. The van der Waals surface area contributed by atoms with Crippen molar-refractivity contribution in [3.05, 3.63) is 107 Å². The lowest BCUT2D eigenvalue weighted by molar-refractivity contribution is -0.139. The molecular formula is C28H25NO4. The van der Waals surface area contributed by atoms with Crippen molar-refractivity contribution in [2.24, 2.45) is 0 Å². The zero-order valence-corrected chi connectivity index (χ0v) is 18.7. The van der Waals surface area contributed by atoms with Gasteiger partial charge in [0.15, 0.2) is 0 Å². The number of aryl methyl sites for hydroxylation is 1. The number of carbonyl (C=O) groups is 1. The predicted molar refractivity (Wildman–Crippen MR) is 129 cm³/mol. The average molecular weight is 440 g/mol. The van der Waals surface area contributed by atoms with E-state index in [4.69, 9.17) is 13.9 Å². The molecule has 0 atom stereocenters. The first-order valence-corrected chi connectivity index (χ1v) is 10.7. The molecule has 0 aliphatic carbocycles. The van der Waals surface area contributed by atoms with Crippen molar-refractivity contribution in [2.75, 3.05) is 7.11 Å². The summed E-state index contributed by atoms with van der Waals surface area (Å²) in [7, 11) is 1.38. The highest BCUT2D eigenvalue weighted by Gasteiger charge is 2.10. The van der Waals surface area contributed by atoms with E-state index in [9.17, 15) is 4.79 Å². The Labute approximate surface area is 193 Å². The van der Waals surface area contributed by atoms with Gasteiger partial charge in [0.05, 0.1) is 13.5 Å². The maximum absolute atomic E-state index is 11.6. The second-order valence-electron chi connectivity index (χ2n) is 7.55. The van der Waals surface area contributed by atoms with Crippen molar-refractivity contribution >= 4 is 18.1 Å². The fraction of sp³-hybridized carbons (Fsp3) is 0.143. The maximum Gasteiger partial charge on any atom is 0.310 e. The van der Waals surface area contributed by atoms with Crippen molar-refractivity contribution in [1.82, 2.24) is 4.98 Å². The molecule has 5 heteroatoms. The monoisotopic (exact) mass is 439 g/mol.